The summed E-state index contributed by atoms with van der Waals surface area (Å²) in [6.45, 7) is 3.43. The van der Waals surface area contributed by atoms with Crippen LogP contribution in [0.1, 0.15) is 43.9 Å². The Balaban J connectivity index is 1.77. The number of halogens is 5. The Morgan fingerprint density at radius 3 is 2.22 bits per heavy atom. The van der Waals surface area contributed by atoms with Gasteiger partial charge in [0.05, 0.1) is 18.5 Å². The first-order chi connectivity index (χ1) is 14.6. The minimum atomic E-state index is -9.79. The molecule has 0 saturated carbocycles. The lowest BCUT2D eigenvalue weighted by atomic mass is 9.95. The molecule has 1 aliphatic rings. The fourth-order valence-corrected chi connectivity index (χ4v) is 3.95. The van der Waals surface area contributed by atoms with Crippen molar-refractivity contribution in [3.8, 4) is 0 Å². The molecule has 0 spiro atoms. The lowest BCUT2D eigenvalue weighted by Gasteiger charge is -2.40. The highest BCUT2D eigenvalue weighted by Gasteiger charge is 2.65. The molecule has 176 valence electrons. The van der Waals surface area contributed by atoms with E-state index in [2.05, 4.69) is 25.9 Å². The van der Waals surface area contributed by atoms with Crippen molar-refractivity contribution in [2.24, 2.45) is 5.92 Å². The number of aromatic nitrogens is 2. The maximum atomic E-state index is 13.0. The van der Waals surface area contributed by atoms with Gasteiger partial charge in [0.1, 0.15) is 11.1 Å². The van der Waals surface area contributed by atoms with E-state index in [1.165, 1.54) is 12.4 Å². The molecule has 2 unspecified atom stereocenters. The van der Waals surface area contributed by atoms with Crippen LogP contribution in [0.2, 0.25) is 0 Å². The Labute approximate surface area is 180 Å². The molecule has 0 aliphatic carbocycles. The Morgan fingerprint density at radius 2 is 1.69 bits per heavy atom. The van der Waals surface area contributed by atoms with Crippen LogP contribution in [-0.4, -0.2) is 27.8 Å². The van der Waals surface area contributed by atoms with Gasteiger partial charge in [-0.25, -0.2) is 9.97 Å². The molecule has 1 fully saturated rings. The lowest BCUT2D eigenvalue weighted by Crippen LogP contribution is -2.57. The van der Waals surface area contributed by atoms with Gasteiger partial charge in [-0.3, -0.25) is 14.9 Å². The third-order valence-electron chi connectivity index (χ3n) is 4.87. The van der Waals surface area contributed by atoms with E-state index in [9.17, 15) is 29.0 Å². The van der Waals surface area contributed by atoms with Crippen molar-refractivity contribution < 1.29 is 29.0 Å². The van der Waals surface area contributed by atoms with Gasteiger partial charge in [-0.15, -0.1) is 0 Å². The smallest absolute Gasteiger partial charge is 0.310 e. The van der Waals surface area contributed by atoms with Crippen LogP contribution in [0, 0.1) is 5.92 Å². The quantitative estimate of drug-likeness (QED) is 0.542. The van der Waals surface area contributed by atoms with E-state index in [-0.39, 0.29) is 23.7 Å². The van der Waals surface area contributed by atoms with Crippen molar-refractivity contribution in [1.29, 1.82) is 0 Å². The molecule has 0 bridgehead atoms. The van der Waals surface area contributed by atoms with Crippen LogP contribution < -0.4 is 16.0 Å². The van der Waals surface area contributed by atoms with E-state index in [1.54, 1.807) is 19.9 Å². The molecule has 3 rings (SSSR count). The van der Waals surface area contributed by atoms with Crippen molar-refractivity contribution >= 4 is 22.0 Å². The summed E-state index contributed by atoms with van der Waals surface area (Å²) < 4.78 is 64.9. The van der Waals surface area contributed by atoms with Gasteiger partial charge in [0.15, 0.2) is 5.82 Å². The lowest BCUT2D eigenvalue weighted by molar-refractivity contribution is -0.132. The van der Waals surface area contributed by atoms with Crippen molar-refractivity contribution in [1.82, 2.24) is 25.9 Å². The second-order valence-corrected chi connectivity index (χ2v) is 10.2. The normalized spacial score (nSPS) is 22.4. The highest BCUT2D eigenvalue weighted by molar-refractivity contribution is 8.45. The molecule has 13 heteroatoms. The van der Waals surface area contributed by atoms with Crippen molar-refractivity contribution in [3.63, 3.8) is 0 Å². The number of nitrogens with one attached hydrogen (secondary N) is 3. The van der Waals surface area contributed by atoms with E-state index in [1.807, 2.05) is 0 Å². The predicted octanol–water partition coefficient (Wildman–Crippen LogP) is 4.12. The van der Waals surface area contributed by atoms with Gasteiger partial charge in [-0.2, -0.15) is 0 Å². The number of benzene rings is 1. The summed E-state index contributed by atoms with van der Waals surface area (Å²) in [5.41, 5.74) is 0.224. The zero-order valence-corrected chi connectivity index (χ0v) is 17.9. The van der Waals surface area contributed by atoms with E-state index in [0.29, 0.717) is 12.1 Å². The van der Waals surface area contributed by atoms with Gasteiger partial charge in [0.25, 0.3) is 0 Å². The summed E-state index contributed by atoms with van der Waals surface area (Å²) in [5, 5.41) is 8.24. The average molecular weight is 479 g/mol. The summed E-state index contributed by atoms with van der Waals surface area (Å²) in [6, 6.07) is 2.32. The number of nitrogens with zero attached hydrogens (tertiary/aromatic N) is 2. The first-order valence-electron chi connectivity index (χ1n) is 9.61. The SMILES string of the molecule is CC(C)[C@@H](NC(=O)C1CC(=O)NC(c2ncccn2)N1)c1ccc(S(F)(F)(F)(F)F)cc1. The summed E-state index contributed by atoms with van der Waals surface area (Å²) in [7, 11) is -9.79. The number of rotatable bonds is 6. The van der Waals surface area contributed by atoms with Crippen LogP contribution in [0.5, 0.6) is 0 Å². The van der Waals surface area contributed by atoms with Crippen LogP contribution >= 0.6 is 10.2 Å². The highest BCUT2D eigenvalue weighted by atomic mass is 32.5. The molecule has 1 aromatic carbocycles. The molecule has 7 nitrogen and oxygen atoms in total. The minimum absolute atomic E-state index is 0.177. The fourth-order valence-electron chi connectivity index (χ4n) is 3.30. The Bertz CT molecular complexity index is 1000. The third-order valence-corrected chi connectivity index (χ3v) is 6.04. The number of hydrogen-bond acceptors (Lipinski definition) is 5. The fraction of sp³-hybridized carbons (Fsp3) is 0.368. The molecular formula is C19H22F5N5O2S. The van der Waals surface area contributed by atoms with Gasteiger partial charge >= 0.3 is 10.2 Å². The van der Waals surface area contributed by atoms with Crippen LogP contribution in [0.15, 0.2) is 47.6 Å². The van der Waals surface area contributed by atoms with Crippen LogP contribution in [-0.2, 0) is 9.59 Å². The molecule has 1 saturated heterocycles. The predicted molar refractivity (Wildman–Crippen MR) is 108 cm³/mol. The van der Waals surface area contributed by atoms with E-state index in [0.717, 1.165) is 12.1 Å². The second-order valence-electron chi connectivity index (χ2n) is 7.80. The first-order valence-corrected chi connectivity index (χ1v) is 11.6. The van der Waals surface area contributed by atoms with Gasteiger partial charge in [0.2, 0.25) is 11.8 Å². The topological polar surface area (TPSA) is 96.0 Å². The van der Waals surface area contributed by atoms with Crippen LogP contribution in [0.4, 0.5) is 19.4 Å². The maximum Gasteiger partial charge on any atom is 0.310 e. The molecule has 0 radical (unpaired) electrons. The Kier molecular flexibility index (Phi) is 5.71. The molecule has 1 aromatic heterocycles. The van der Waals surface area contributed by atoms with E-state index in [4.69, 9.17) is 0 Å². The van der Waals surface area contributed by atoms with Crippen molar-refractivity contribution in [2.45, 2.75) is 43.4 Å². The van der Waals surface area contributed by atoms with Gasteiger partial charge in [0, 0.05) is 12.4 Å². The maximum absolute atomic E-state index is 13.0. The Hall–Kier alpha value is -2.80. The summed E-state index contributed by atoms with van der Waals surface area (Å²) in [5.74, 6) is -1.01. The first kappa shape index (κ1) is 23.9. The zero-order chi connectivity index (χ0) is 23.8. The zero-order valence-electron chi connectivity index (χ0n) is 17.1. The number of carbonyl (C=O) groups excluding carboxylic acids is 2. The molecule has 2 aromatic rings. The van der Waals surface area contributed by atoms with Crippen molar-refractivity contribution in [3.05, 3.63) is 54.1 Å². The number of amides is 2. The number of carbonyl (C=O) groups is 2. The third kappa shape index (κ3) is 5.71. The van der Waals surface area contributed by atoms with E-state index < -0.39 is 45.2 Å². The molecular weight excluding hydrogens is 457 g/mol. The molecule has 2 amide bonds. The molecule has 1 aliphatic heterocycles. The monoisotopic (exact) mass is 479 g/mol. The van der Waals surface area contributed by atoms with Gasteiger partial charge in [-0.1, -0.05) is 45.4 Å². The second kappa shape index (κ2) is 7.66. The largest absolute Gasteiger partial charge is 0.348 e. The average Bonchev–Trinajstić information content (AvgIpc) is 2.70. The van der Waals surface area contributed by atoms with E-state index >= 15 is 0 Å². The summed E-state index contributed by atoms with van der Waals surface area (Å²) in [4.78, 5) is 31.0. The summed E-state index contributed by atoms with van der Waals surface area (Å²) in [6.07, 6.45) is 1.97. The van der Waals surface area contributed by atoms with Crippen LogP contribution in [0.3, 0.4) is 0 Å². The molecule has 32 heavy (non-hydrogen) atoms. The van der Waals surface area contributed by atoms with Crippen LogP contribution in [0.25, 0.3) is 0 Å². The van der Waals surface area contributed by atoms with Gasteiger partial charge in [-0.05, 0) is 29.7 Å². The number of hydrogen-bond donors (Lipinski definition) is 3. The summed E-state index contributed by atoms with van der Waals surface area (Å²) >= 11 is 0. The highest BCUT2D eigenvalue weighted by Crippen LogP contribution is 3.02. The Morgan fingerprint density at radius 1 is 1.09 bits per heavy atom. The molecule has 3 atom stereocenters. The molecule has 3 N–H and O–H groups in total. The minimum Gasteiger partial charge on any atom is -0.348 e. The van der Waals surface area contributed by atoms with Crippen molar-refractivity contribution in [2.75, 3.05) is 0 Å². The van der Waals surface area contributed by atoms with Gasteiger partial charge < -0.3 is 10.6 Å². The molecule has 2 heterocycles. The standard InChI is InChI=1S/C19H22F5N5O2S/c1-11(2)16(12-4-6-13(7-5-12)32(20,21,22,23)24)29-19(31)14-10-15(30)28-18(27-14)17-25-8-3-9-26-17/h3-9,11,14,16,18,27H,10H2,1-2H3,(H,28,30)(H,29,31)/t14?,16-,18?/m1/s1.